The minimum Gasteiger partial charge on any atom is -0.490 e. The van der Waals surface area contributed by atoms with Gasteiger partial charge < -0.3 is 14.8 Å². The maximum Gasteiger partial charge on any atom is 0.416 e. The van der Waals surface area contributed by atoms with Crippen LogP contribution in [0.4, 0.5) is 26.3 Å². The Morgan fingerprint density at radius 2 is 1.57 bits per heavy atom. The molecule has 11 heteroatoms. The van der Waals surface area contributed by atoms with Crippen molar-refractivity contribution < 1.29 is 35.8 Å². The molecule has 0 saturated carbocycles. The van der Waals surface area contributed by atoms with Crippen molar-refractivity contribution in [1.82, 2.24) is 5.32 Å². The Labute approximate surface area is 203 Å². The molecule has 0 aromatic heterocycles. The molecule has 1 aliphatic heterocycles. The van der Waals surface area contributed by atoms with E-state index in [0.29, 0.717) is 47.4 Å². The SMILES string of the molecule is COCCOc1c(C2=NCCN2)cc2ccccc2c1-c1cc(C(F)(F)F)cc(C(F)(F)F)c1.Cl. The molecule has 188 valence electrons. The van der Waals surface area contributed by atoms with Crippen LogP contribution in [-0.2, 0) is 17.1 Å². The summed E-state index contributed by atoms with van der Waals surface area (Å²) in [6, 6.07) is 10.1. The monoisotopic (exact) mass is 518 g/mol. The highest BCUT2D eigenvalue weighted by Gasteiger charge is 2.37. The van der Waals surface area contributed by atoms with Crippen molar-refractivity contribution in [3.05, 3.63) is 65.2 Å². The molecule has 3 aromatic rings. The summed E-state index contributed by atoms with van der Waals surface area (Å²) < 4.78 is 92.5. The van der Waals surface area contributed by atoms with Crippen LogP contribution in [0.5, 0.6) is 5.75 Å². The highest BCUT2D eigenvalue weighted by Crippen LogP contribution is 2.44. The van der Waals surface area contributed by atoms with E-state index in [4.69, 9.17) is 9.47 Å². The second-order valence-electron chi connectivity index (χ2n) is 7.64. The van der Waals surface area contributed by atoms with Crippen LogP contribution < -0.4 is 10.1 Å². The highest BCUT2D eigenvalue weighted by atomic mass is 35.5. The quantitative estimate of drug-likeness (QED) is 0.306. The third-order valence-electron chi connectivity index (χ3n) is 5.34. The lowest BCUT2D eigenvalue weighted by molar-refractivity contribution is -0.143. The molecule has 4 nitrogen and oxygen atoms in total. The average Bonchev–Trinajstić information content (AvgIpc) is 3.32. The van der Waals surface area contributed by atoms with E-state index in [1.165, 1.54) is 7.11 Å². The zero-order valence-corrected chi connectivity index (χ0v) is 19.2. The third-order valence-corrected chi connectivity index (χ3v) is 5.34. The zero-order valence-electron chi connectivity index (χ0n) is 18.4. The predicted octanol–water partition coefficient (Wildman–Crippen LogP) is 6.34. The molecule has 0 aliphatic carbocycles. The van der Waals surface area contributed by atoms with Crippen molar-refractivity contribution in [3.63, 3.8) is 0 Å². The second kappa shape index (κ2) is 10.3. The number of methoxy groups -OCH3 is 1. The van der Waals surface area contributed by atoms with Gasteiger partial charge in [-0.25, -0.2) is 0 Å². The van der Waals surface area contributed by atoms with E-state index in [-0.39, 0.29) is 48.6 Å². The Morgan fingerprint density at radius 3 is 2.14 bits per heavy atom. The molecule has 4 rings (SSSR count). The van der Waals surface area contributed by atoms with Crippen molar-refractivity contribution in [2.75, 3.05) is 33.4 Å². The van der Waals surface area contributed by atoms with Crippen molar-refractivity contribution in [3.8, 4) is 16.9 Å². The van der Waals surface area contributed by atoms with Crippen molar-refractivity contribution in [2.45, 2.75) is 12.4 Å². The van der Waals surface area contributed by atoms with E-state index in [0.717, 1.165) is 0 Å². The molecular weight excluding hydrogens is 498 g/mol. The molecule has 0 radical (unpaired) electrons. The first-order valence-corrected chi connectivity index (χ1v) is 10.4. The summed E-state index contributed by atoms with van der Waals surface area (Å²) >= 11 is 0. The standard InChI is InChI=1S/C24H20F6N2O2.ClH/c1-33-8-9-34-21-19(22-31-6-7-32-22)12-14-4-2-3-5-18(14)20(21)15-10-16(23(25,26)27)13-17(11-15)24(28,29)30;/h2-5,10-13H,6-9H2,1H3,(H,31,32);1H. The van der Waals surface area contributed by atoms with Crippen LogP contribution in [-0.4, -0.2) is 39.2 Å². The summed E-state index contributed by atoms with van der Waals surface area (Å²) in [6.45, 7) is 1.24. The fraction of sp³-hybridized carbons (Fsp3) is 0.292. The Balaban J connectivity index is 0.00000342. The molecule has 1 aliphatic rings. The maximum atomic E-state index is 13.6. The van der Waals surface area contributed by atoms with Gasteiger partial charge in [-0.2, -0.15) is 26.3 Å². The van der Waals surface area contributed by atoms with Gasteiger partial charge in [-0.1, -0.05) is 24.3 Å². The largest absolute Gasteiger partial charge is 0.490 e. The lowest BCUT2D eigenvalue weighted by Crippen LogP contribution is -2.21. The van der Waals surface area contributed by atoms with Gasteiger partial charge in [0.2, 0.25) is 0 Å². The van der Waals surface area contributed by atoms with E-state index in [1.807, 2.05) is 0 Å². The summed E-state index contributed by atoms with van der Waals surface area (Å²) in [5, 5.41) is 4.17. The van der Waals surface area contributed by atoms with Gasteiger partial charge in [-0.15, -0.1) is 12.4 Å². The first-order valence-electron chi connectivity index (χ1n) is 10.4. The summed E-state index contributed by atoms with van der Waals surface area (Å²) in [5.74, 6) is 0.596. The first-order chi connectivity index (χ1) is 16.1. The number of hydrogen-bond donors (Lipinski definition) is 1. The summed E-state index contributed by atoms with van der Waals surface area (Å²) in [5.41, 5.74) is -2.48. The van der Waals surface area contributed by atoms with Crippen molar-refractivity contribution in [2.24, 2.45) is 4.99 Å². The third kappa shape index (κ3) is 5.65. The summed E-state index contributed by atoms with van der Waals surface area (Å²) in [4.78, 5) is 4.38. The van der Waals surface area contributed by atoms with Gasteiger partial charge in [-0.05, 0) is 40.6 Å². The number of alkyl halides is 6. The molecule has 1 heterocycles. The molecule has 3 aromatic carbocycles. The predicted molar refractivity (Wildman–Crippen MR) is 123 cm³/mol. The van der Waals surface area contributed by atoms with E-state index in [1.54, 1.807) is 30.3 Å². The van der Waals surface area contributed by atoms with Crippen LogP contribution in [0.15, 0.2) is 53.5 Å². The smallest absolute Gasteiger partial charge is 0.416 e. The Morgan fingerprint density at radius 1 is 0.914 bits per heavy atom. The Hall–Kier alpha value is -2.98. The Kier molecular flexibility index (Phi) is 7.86. The summed E-state index contributed by atoms with van der Waals surface area (Å²) in [6.07, 6.45) is -9.95. The van der Waals surface area contributed by atoms with Crippen LogP contribution in [0, 0.1) is 0 Å². The number of fused-ring (bicyclic) bond motifs is 1. The number of ether oxygens (including phenoxy) is 2. The lowest BCUT2D eigenvalue weighted by Gasteiger charge is -2.21. The number of aliphatic imine (C=N–C) groups is 1. The molecule has 0 unspecified atom stereocenters. The van der Waals surface area contributed by atoms with E-state index in [2.05, 4.69) is 10.3 Å². The van der Waals surface area contributed by atoms with E-state index >= 15 is 0 Å². The molecule has 0 amide bonds. The normalized spacial score (nSPS) is 13.9. The molecule has 0 bridgehead atoms. The van der Waals surface area contributed by atoms with Gasteiger partial charge in [-0.3, -0.25) is 4.99 Å². The van der Waals surface area contributed by atoms with Gasteiger partial charge in [0.25, 0.3) is 0 Å². The number of nitrogens with zero attached hydrogens (tertiary/aromatic N) is 1. The average molecular weight is 519 g/mol. The topological polar surface area (TPSA) is 42.9 Å². The zero-order chi connectivity index (χ0) is 24.5. The highest BCUT2D eigenvalue weighted by molar-refractivity contribution is 6.11. The van der Waals surface area contributed by atoms with Gasteiger partial charge in [0.1, 0.15) is 18.2 Å². The summed E-state index contributed by atoms with van der Waals surface area (Å²) in [7, 11) is 1.45. The van der Waals surface area contributed by atoms with Crippen LogP contribution in [0.25, 0.3) is 21.9 Å². The molecule has 0 fully saturated rings. The minimum atomic E-state index is -4.97. The van der Waals surface area contributed by atoms with Crippen LogP contribution in [0.3, 0.4) is 0 Å². The van der Waals surface area contributed by atoms with Gasteiger partial charge in [0.15, 0.2) is 0 Å². The number of nitrogens with one attached hydrogen (secondary N) is 1. The maximum absolute atomic E-state index is 13.6. The first kappa shape index (κ1) is 26.6. The number of hydrogen-bond acceptors (Lipinski definition) is 4. The van der Waals surface area contributed by atoms with Crippen molar-refractivity contribution in [1.29, 1.82) is 0 Å². The second-order valence-corrected chi connectivity index (χ2v) is 7.64. The molecular formula is C24H21ClF6N2O2. The lowest BCUT2D eigenvalue weighted by atomic mass is 9.91. The molecule has 0 atom stereocenters. The molecule has 0 spiro atoms. The number of amidine groups is 1. The fourth-order valence-electron chi connectivity index (χ4n) is 3.85. The number of rotatable bonds is 6. The number of benzene rings is 3. The molecule has 1 N–H and O–H groups in total. The van der Waals surface area contributed by atoms with Gasteiger partial charge in [0, 0.05) is 19.2 Å². The Bertz CT molecular complexity index is 1210. The van der Waals surface area contributed by atoms with Gasteiger partial charge >= 0.3 is 12.4 Å². The van der Waals surface area contributed by atoms with Gasteiger partial charge in [0.05, 0.1) is 29.8 Å². The fourth-order valence-corrected chi connectivity index (χ4v) is 3.85. The van der Waals surface area contributed by atoms with Crippen LogP contribution in [0.1, 0.15) is 16.7 Å². The van der Waals surface area contributed by atoms with Crippen molar-refractivity contribution >= 4 is 29.0 Å². The molecule has 0 saturated heterocycles. The molecule has 35 heavy (non-hydrogen) atoms. The van der Waals surface area contributed by atoms with Crippen LogP contribution >= 0.6 is 12.4 Å². The minimum absolute atomic E-state index is 0. The van der Waals surface area contributed by atoms with E-state index in [9.17, 15) is 26.3 Å². The number of halogens is 7. The van der Waals surface area contributed by atoms with E-state index < -0.39 is 23.5 Å². The van der Waals surface area contributed by atoms with Crippen LogP contribution in [0.2, 0.25) is 0 Å².